The lowest BCUT2D eigenvalue weighted by molar-refractivity contribution is -0.131. The van der Waals surface area contributed by atoms with Crippen molar-refractivity contribution < 1.29 is 9.53 Å². The number of hydrogen-bond acceptors (Lipinski definition) is 3. The molecule has 0 saturated heterocycles. The molecule has 130 valence electrons. The number of nitrogens with zero attached hydrogens (tertiary/aromatic N) is 1. The standard InChI is InChI=1S/C21H22ClNO2/c1-13(24)25-20-12-17-15(11-18(20)22)9-10-23(2)19-8-7-14-5-3-4-6-16(14)21(17)19/h3-6,11-12,19,21H,7-10H2,1-2H3/t19?,21-/m1/s1. The average Bonchev–Trinajstić information content (AvgIpc) is 2.72. The van der Waals surface area contributed by atoms with E-state index >= 15 is 0 Å². The topological polar surface area (TPSA) is 29.5 Å². The van der Waals surface area contributed by atoms with Gasteiger partial charge in [-0.15, -0.1) is 0 Å². The predicted octanol–water partition coefficient (Wildman–Crippen LogP) is 4.20. The fourth-order valence-electron chi connectivity index (χ4n) is 4.40. The van der Waals surface area contributed by atoms with Crippen molar-refractivity contribution in [2.24, 2.45) is 0 Å². The molecule has 0 spiro atoms. The zero-order valence-electron chi connectivity index (χ0n) is 14.6. The second-order valence-electron chi connectivity index (χ2n) is 7.09. The zero-order valence-corrected chi connectivity index (χ0v) is 15.3. The summed E-state index contributed by atoms with van der Waals surface area (Å²) in [6, 6.07) is 13.2. The average molecular weight is 356 g/mol. The molecule has 0 bridgehead atoms. The smallest absolute Gasteiger partial charge is 0.308 e. The molecule has 0 amide bonds. The van der Waals surface area contributed by atoms with Crippen LogP contribution >= 0.6 is 11.6 Å². The molecule has 0 N–H and O–H groups in total. The largest absolute Gasteiger partial charge is 0.425 e. The highest BCUT2D eigenvalue weighted by Gasteiger charge is 2.36. The van der Waals surface area contributed by atoms with E-state index in [1.165, 1.54) is 29.2 Å². The van der Waals surface area contributed by atoms with E-state index in [1.54, 1.807) is 0 Å². The van der Waals surface area contributed by atoms with Gasteiger partial charge in [-0.2, -0.15) is 0 Å². The molecule has 2 atom stereocenters. The molecule has 2 aromatic rings. The molecule has 1 heterocycles. The van der Waals surface area contributed by atoms with Crippen molar-refractivity contribution in [2.75, 3.05) is 13.6 Å². The van der Waals surface area contributed by atoms with E-state index in [-0.39, 0.29) is 5.97 Å². The van der Waals surface area contributed by atoms with Crippen LogP contribution in [0.3, 0.4) is 0 Å². The number of esters is 1. The molecule has 1 aliphatic carbocycles. The first kappa shape index (κ1) is 16.6. The normalized spacial score (nSPS) is 22.4. The molecule has 0 fully saturated rings. The third-order valence-electron chi connectivity index (χ3n) is 5.57. The van der Waals surface area contributed by atoms with E-state index in [9.17, 15) is 4.79 Å². The third-order valence-corrected chi connectivity index (χ3v) is 5.86. The van der Waals surface area contributed by atoms with Crippen molar-refractivity contribution in [3.8, 4) is 5.75 Å². The van der Waals surface area contributed by atoms with Gasteiger partial charge in [0.2, 0.25) is 0 Å². The molecule has 4 rings (SSSR count). The number of likely N-dealkylation sites (N-methyl/N-ethyl adjacent to an activating group) is 1. The van der Waals surface area contributed by atoms with Gasteiger partial charge in [0.05, 0.1) is 5.02 Å². The van der Waals surface area contributed by atoms with Crippen LogP contribution in [0.25, 0.3) is 0 Å². The highest BCUT2D eigenvalue weighted by molar-refractivity contribution is 6.32. The van der Waals surface area contributed by atoms with Crippen LogP contribution in [-0.2, 0) is 17.6 Å². The summed E-state index contributed by atoms with van der Waals surface area (Å²) in [6.07, 6.45) is 3.21. The van der Waals surface area contributed by atoms with Crippen LogP contribution in [0, 0.1) is 0 Å². The Kier molecular flexibility index (Phi) is 4.30. The summed E-state index contributed by atoms with van der Waals surface area (Å²) in [6.45, 7) is 2.42. The van der Waals surface area contributed by atoms with Gasteiger partial charge in [0.1, 0.15) is 5.75 Å². The maximum atomic E-state index is 11.4. The molecule has 25 heavy (non-hydrogen) atoms. The number of hydrogen-bond donors (Lipinski definition) is 0. The first-order chi connectivity index (χ1) is 12.0. The Hall–Kier alpha value is -1.84. The number of ether oxygens (including phenoxy) is 1. The van der Waals surface area contributed by atoms with Crippen molar-refractivity contribution in [2.45, 2.75) is 38.1 Å². The summed E-state index contributed by atoms with van der Waals surface area (Å²) in [5.74, 6) is 0.423. The second kappa shape index (κ2) is 6.47. The van der Waals surface area contributed by atoms with E-state index in [0.717, 1.165) is 25.8 Å². The molecule has 4 heteroatoms. The number of carbonyl (C=O) groups excluding carboxylic acids is 1. The van der Waals surface area contributed by atoms with Crippen LogP contribution in [-0.4, -0.2) is 30.5 Å². The summed E-state index contributed by atoms with van der Waals surface area (Å²) in [4.78, 5) is 13.9. The van der Waals surface area contributed by atoms with E-state index < -0.39 is 0 Å². The fraction of sp³-hybridized carbons (Fsp3) is 0.381. The van der Waals surface area contributed by atoms with Crippen molar-refractivity contribution in [1.82, 2.24) is 4.90 Å². The SMILES string of the molecule is CC(=O)Oc1cc2c(cc1Cl)CCN(C)C1CCc3ccccc3[C@H]21. The minimum Gasteiger partial charge on any atom is -0.425 e. The van der Waals surface area contributed by atoms with Crippen LogP contribution in [0.5, 0.6) is 5.75 Å². The third kappa shape index (κ3) is 2.96. The maximum absolute atomic E-state index is 11.4. The molecule has 2 aliphatic rings. The van der Waals surface area contributed by atoms with Gasteiger partial charge in [-0.05, 0) is 60.7 Å². The van der Waals surface area contributed by atoms with Gasteiger partial charge in [-0.3, -0.25) is 4.79 Å². The van der Waals surface area contributed by atoms with Crippen LogP contribution in [0.15, 0.2) is 36.4 Å². The summed E-state index contributed by atoms with van der Waals surface area (Å²) in [5.41, 5.74) is 5.33. The van der Waals surface area contributed by atoms with E-state index in [4.69, 9.17) is 16.3 Å². The Morgan fingerprint density at radius 1 is 1.16 bits per heavy atom. The Labute approximate surface area is 153 Å². The molecule has 0 saturated carbocycles. The van der Waals surface area contributed by atoms with Gasteiger partial charge >= 0.3 is 5.97 Å². The second-order valence-corrected chi connectivity index (χ2v) is 7.50. The van der Waals surface area contributed by atoms with Crippen molar-refractivity contribution in [3.63, 3.8) is 0 Å². The summed E-state index contributed by atoms with van der Waals surface area (Å²) in [7, 11) is 2.21. The number of fused-ring (bicyclic) bond motifs is 5. The molecule has 0 aromatic heterocycles. The highest BCUT2D eigenvalue weighted by Crippen LogP contribution is 2.44. The van der Waals surface area contributed by atoms with Gasteiger partial charge < -0.3 is 9.64 Å². The Balaban J connectivity index is 1.90. The van der Waals surface area contributed by atoms with Gasteiger partial charge in [-0.1, -0.05) is 35.9 Å². The molecular weight excluding hydrogens is 334 g/mol. The fourth-order valence-corrected chi connectivity index (χ4v) is 4.63. The first-order valence-corrected chi connectivity index (χ1v) is 9.21. The van der Waals surface area contributed by atoms with Crippen LogP contribution < -0.4 is 4.74 Å². The van der Waals surface area contributed by atoms with Crippen molar-refractivity contribution in [1.29, 1.82) is 0 Å². The number of aryl methyl sites for hydroxylation is 1. The lowest BCUT2D eigenvalue weighted by atomic mass is 9.74. The highest BCUT2D eigenvalue weighted by atomic mass is 35.5. The molecule has 1 aliphatic heterocycles. The first-order valence-electron chi connectivity index (χ1n) is 8.83. The Morgan fingerprint density at radius 2 is 1.96 bits per heavy atom. The Bertz CT molecular complexity index is 833. The molecule has 3 nitrogen and oxygen atoms in total. The monoisotopic (exact) mass is 355 g/mol. The van der Waals surface area contributed by atoms with E-state index in [1.807, 2.05) is 12.1 Å². The number of benzene rings is 2. The number of halogens is 1. The van der Waals surface area contributed by atoms with Crippen molar-refractivity contribution in [3.05, 3.63) is 63.7 Å². The molecule has 2 aromatic carbocycles. The lowest BCUT2D eigenvalue weighted by Gasteiger charge is -2.38. The van der Waals surface area contributed by atoms with E-state index in [0.29, 0.717) is 22.7 Å². The number of carbonyl (C=O) groups is 1. The van der Waals surface area contributed by atoms with Crippen molar-refractivity contribution >= 4 is 17.6 Å². The molecular formula is C21H22ClNO2. The van der Waals surface area contributed by atoms with Crippen LogP contribution in [0.2, 0.25) is 5.02 Å². The molecule has 1 unspecified atom stereocenters. The van der Waals surface area contributed by atoms with E-state index in [2.05, 4.69) is 36.2 Å². The Morgan fingerprint density at radius 3 is 2.76 bits per heavy atom. The molecule has 0 radical (unpaired) electrons. The van der Waals surface area contributed by atoms with Gasteiger partial charge in [0.15, 0.2) is 0 Å². The summed E-state index contributed by atoms with van der Waals surface area (Å²) in [5, 5.41) is 0.513. The van der Waals surface area contributed by atoms with Crippen LogP contribution in [0.4, 0.5) is 0 Å². The minimum absolute atomic E-state index is 0.291. The summed E-state index contributed by atoms with van der Waals surface area (Å²) < 4.78 is 5.36. The van der Waals surface area contributed by atoms with Crippen LogP contribution in [0.1, 0.15) is 41.5 Å². The zero-order chi connectivity index (χ0) is 17.6. The quantitative estimate of drug-likeness (QED) is 0.567. The number of rotatable bonds is 1. The van der Waals surface area contributed by atoms with Gasteiger partial charge in [0.25, 0.3) is 0 Å². The summed E-state index contributed by atoms with van der Waals surface area (Å²) >= 11 is 6.38. The van der Waals surface area contributed by atoms with Gasteiger partial charge in [0, 0.05) is 25.4 Å². The minimum atomic E-state index is -0.340. The lowest BCUT2D eigenvalue weighted by Crippen LogP contribution is -2.39. The van der Waals surface area contributed by atoms with Gasteiger partial charge in [-0.25, -0.2) is 0 Å². The predicted molar refractivity (Wildman–Crippen MR) is 99.5 cm³/mol. The maximum Gasteiger partial charge on any atom is 0.308 e.